The molecule has 0 atom stereocenters. The highest BCUT2D eigenvalue weighted by Crippen LogP contribution is 2.23. The largest absolute Gasteiger partial charge is 0.497 e. The average Bonchev–Trinajstić information content (AvgIpc) is 3.13. The van der Waals surface area contributed by atoms with Gasteiger partial charge in [-0.25, -0.2) is 4.79 Å². The summed E-state index contributed by atoms with van der Waals surface area (Å²) in [4.78, 5) is 24.3. The molecule has 0 radical (unpaired) electrons. The zero-order valence-corrected chi connectivity index (χ0v) is 19.0. The van der Waals surface area contributed by atoms with Gasteiger partial charge in [-0.3, -0.25) is 4.79 Å². The first-order chi connectivity index (χ1) is 15.9. The van der Waals surface area contributed by atoms with Gasteiger partial charge in [-0.2, -0.15) is 5.26 Å². The molecule has 0 fully saturated rings. The third-order valence-electron chi connectivity index (χ3n) is 5.29. The standard InChI is InChI=1S/C26H25N3O4/c1-17-13-21(18(2)29(17)23-9-7-20(8-10-23)26(31)33-4)14-22(15-27)25(30)28-16-19-5-11-24(32-3)12-6-19/h5-14H,16H2,1-4H3,(H,28,30)/b22-14-. The number of rotatable bonds is 7. The summed E-state index contributed by atoms with van der Waals surface area (Å²) >= 11 is 0. The second-order valence-electron chi connectivity index (χ2n) is 7.40. The van der Waals surface area contributed by atoms with Gasteiger partial charge in [-0.15, -0.1) is 0 Å². The lowest BCUT2D eigenvalue weighted by Crippen LogP contribution is -2.23. The number of benzene rings is 2. The third kappa shape index (κ3) is 5.31. The molecule has 7 heteroatoms. The number of nitriles is 1. The predicted molar refractivity (Wildman–Crippen MR) is 125 cm³/mol. The lowest BCUT2D eigenvalue weighted by atomic mass is 10.1. The first-order valence-electron chi connectivity index (χ1n) is 10.3. The van der Waals surface area contributed by atoms with Crippen molar-refractivity contribution < 1.29 is 19.1 Å². The summed E-state index contributed by atoms with van der Waals surface area (Å²) in [5, 5.41) is 12.3. The second kappa shape index (κ2) is 10.3. The highest BCUT2D eigenvalue weighted by molar-refractivity contribution is 6.01. The minimum atomic E-state index is -0.444. The van der Waals surface area contributed by atoms with Crippen molar-refractivity contribution in [3.05, 3.63) is 88.2 Å². The quantitative estimate of drug-likeness (QED) is 0.337. The van der Waals surface area contributed by atoms with Gasteiger partial charge in [0.15, 0.2) is 0 Å². The first-order valence-corrected chi connectivity index (χ1v) is 10.3. The lowest BCUT2D eigenvalue weighted by Gasteiger charge is -2.10. The molecule has 0 aliphatic heterocycles. The van der Waals surface area contributed by atoms with Gasteiger partial charge < -0.3 is 19.4 Å². The normalized spacial score (nSPS) is 10.9. The summed E-state index contributed by atoms with van der Waals surface area (Å²) in [7, 11) is 2.93. The topological polar surface area (TPSA) is 93.4 Å². The number of methoxy groups -OCH3 is 2. The van der Waals surface area contributed by atoms with Crippen molar-refractivity contribution in [2.75, 3.05) is 14.2 Å². The van der Waals surface area contributed by atoms with Crippen LogP contribution >= 0.6 is 0 Å². The van der Waals surface area contributed by atoms with Crippen molar-refractivity contribution in [3.63, 3.8) is 0 Å². The number of ether oxygens (including phenoxy) is 2. The molecule has 7 nitrogen and oxygen atoms in total. The molecule has 3 rings (SSSR count). The summed E-state index contributed by atoms with van der Waals surface area (Å²) in [6.45, 7) is 4.15. The van der Waals surface area contributed by atoms with Crippen LogP contribution in [0.25, 0.3) is 11.8 Å². The molecule has 2 aromatic carbocycles. The summed E-state index contributed by atoms with van der Waals surface area (Å²) in [5.41, 5.74) is 4.80. The third-order valence-corrected chi connectivity index (χ3v) is 5.29. The smallest absolute Gasteiger partial charge is 0.337 e. The van der Waals surface area contributed by atoms with Crippen LogP contribution in [0.5, 0.6) is 5.75 Å². The average molecular weight is 444 g/mol. The zero-order chi connectivity index (χ0) is 24.0. The number of carbonyl (C=O) groups is 2. The number of hydrogen-bond donors (Lipinski definition) is 1. The van der Waals surface area contributed by atoms with Crippen molar-refractivity contribution in [3.8, 4) is 17.5 Å². The minimum absolute atomic E-state index is 0.0183. The van der Waals surface area contributed by atoms with Crippen LogP contribution in [0.15, 0.2) is 60.2 Å². The predicted octanol–water partition coefficient (Wildman–Crippen LogP) is 4.11. The van der Waals surface area contributed by atoms with Gasteiger partial charge in [0.25, 0.3) is 5.91 Å². The Morgan fingerprint density at radius 2 is 1.73 bits per heavy atom. The molecule has 1 heterocycles. The number of hydrogen-bond acceptors (Lipinski definition) is 5. The van der Waals surface area contributed by atoms with E-state index >= 15 is 0 Å². The van der Waals surface area contributed by atoms with Crippen LogP contribution in [0.3, 0.4) is 0 Å². The number of aromatic nitrogens is 1. The Hall–Kier alpha value is -4.31. The molecule has 1 amide bonds. The van der Waals surface area contributed by atoms with E-state index in [-0.39, 0.29) is 5.57 Å². The van der Waals surface area contributed by atoms with Gasteiger partial charge >= 0.3 is 5.97 Å². The van der Waals surface area contributed by atoms with Gasteiger partial charge in [0.2, 0.25) is 0 Å². The molecule has 0 bridgehead atoms. The van der Waals surface area contributed by atoms with Crippen LogP contribution < -0.4 is 10.1 Å². The van der Waals surface area contributed by atoms with E-state index in [0.29, 0.717) is 12.1 Å². The van der Waals surface area contributed by atoms with Crippen LogP contribution in [-0.2, 0) is 16.1 Å². The zero-order valence-electron chi connectivity index (χ0n) is 19.0. The summed E-state index contributed by atoms with van der Waals surface area (Å²) in [6, 6.07) is 18.3. The van der Waals surface area contributed by atoms with Crippen LogP contribution in [0, 0.1) is 25.2 Å². The fourth-order valence-corrected chi connectivity index (χ4v) is 3.52. The van der Waals surface area contributed by atoms with Gasteiger partial charge in [0, 0.05) is 23.6 Å². The van der Waals surface area contributed by atoms with Crippen molar-refractivity contribution >= 4 is 18.0 Å². The molecular formula is C26H25N3O4. The number of carbonyl (C=O) groups excluding carboxylic acids is 2. The molecule has 0 aliphatic rings. The first kappa shape index (κ1) is 23.4. The molecule has 0 spiro atoms. The van der Waals surface area contributed by atoms with Gasteiger partial charge in [0.1, 0.15) is 17.4 Å². The number of esters is 1. The van der Waals surface area contributed by atoms with Crippen LogP contribution in [0.4, 0.5) is 0 Å². The molecule has 0 saturated heterocycles. The Labute approximate surface area is 192 Å². The minimum Gasteiger partial charge on any atom is -0.497 e. The Kier molecular flexibility index (Phi) is 7.31. The van der Waals surface area contributed by atoms with E-state index in [0.717, 1.165) is 34.0 Å². The van der Waals surface area contributed by atoms with E-state index in [9.17, 15) is 14.9 Å². The Morgan fingerprint density at radius 1 is 1.06 bits per heavy atom. The molecular weight excluding hydrogens is 418 g/mol. The summed E-state index contributed by atoms with van der Waals surface area (Å²) in [5.74, 6) is -0.107. The highest BCUT2D eigenvalue weighted by Gasteiger charge is 2.14. The maximum atomic E-state index is 12.6. The number of amides is 1. The molecule has 33 heavy (non-hydrogen) atoms. The number of aryl methyl sites for hydroxylation is 1. The molecule has 1 aromatic heterocycles. The molecule has 0 unspecified atom stereocenters. The SMILES string of the molecule is COC(=O)c1ccc(-n2c(C)cc(/C=C(/C#N)C(=O)NCc3ccc(OC)cc3)c2C)cc1. The lowest BCUT2D eigenvalue weighted by molar-refractivity contribution is -0.117. The number of nitrogens with one attached hydrogen (secondary N) is 1. The molecule has 1 N–H and O–H groups in total. The van der Waals surface area contributed by atoms with E-state index in [1.54, 1.807) is 25.3 Å². The Bertz CT molecular complexity index is 1230. The van der Waals surface area contributed by atoms with Gasteiger partial charge in [-0.1, -0.05) is 12.1 Å². The summed E-state index contributed by atoms with van der Waals surface area (Å²) in [6.07, 6.45) is 1.59. The molecule has 0 aliphatic carbocycles. The maximum Gasteiger partial charge on any atom is 0.337 e. The van der Waals surface area contributed by atoms with Crippen LogP contribution in [-0.4, -0.2) is 30.7 Å². The Balaban J connectivity index is 1.80. The van der Waals surface area contributed by atoms with Crippen molar-refractivity contribution in [2.45, 2.75) is 20.4 Å². The highest BCUT2D eigenvalue weighted by atomic mass is 16.5. The fraction of sp³-hybridized carbons (Fsp3) is 0.192. The van der Waals surface area contributed by atoms with Crippen molar-refractivity contribution in [1.29, 1.82) is 5.26 Å². The van der Waals surface area contributed by atoms with E-state index in [2.05, 4.69) is 5.32 Å². The molecule has 168 valence electrons. The number of nitrogens with zero attached hydrogens (tertiary/aromatic N) is 2. The monoisotopic (exact) mass is 443 g/mol. The summed E-state index contributed by atoms with van der Waals surface area (Å²) < 4.78 is 11.9. The Morgan fingerprint density at radius 3 is 2.30 bits per heavy atom. The van der Waals surface area contributed by atoms with E-state index in [1.807, 2.05) is 66.9 Å². The van der Waals surface area contributed by atoms with E-state index in [1.165, 1.54) is 7.11 Å². The van der Waals surface area contributed by atoms with E-state index in [4.69, 9.17) is 9.47 Å². The van der Waals surface area contributed by atoms with Gasteiger partial charge in [0.05, 0.1) is 19.8 Å². The maximum absolute atomic E-state index is 12.6. The van der Waals surface area contributed by atoms with E-state index < -0.39 is 11.9 Å². The van der Waals surface area contributed by atoms with Gasteiger partial charge in [-0.05, 0) is 73.5 Å². The van der Waals surface area contributed by atoms with Crippen LogP contribution in [0.1, 0.15) is 32.9 Å². The van der Waals surface area contributed by atoms with Crippen molar-refractivity contribution in [2.24, 2.45) is 0 Å². The molecule has 0 saturated carbocycles. The van der Waals surface area contributed by atoms with Crippen LogP contribution in [0.2, 0.25) is 0 Å². The fourth-order valence-electron chi connectivity index (χ4n) is 3.52. The second-order valence-corrected chi connectivity index (χ2v) is 7.40. The van der Waals surface area contributed by atoms with Crippen molar-refractivity contribution in [1.82, 2.24) is 9.88 Å². The molecule has 3 aromatic rings.